The van der Waals surface area contributed by atoms with Crippen molar-refractivity contribution in [3.8, 4) is 0 Å². The van der Waals surface area contributed by atoms with E-state index in [1.165, 1.54) is 11.1 Å². The summed E-state index contributed by atoms with van der Waals surface area (Å²) in [7, 11) is 0. The number of nitrogens with zero attached hydrogens (tertiary/aromatic N) is 1. The first kappa shape index (κ1) is 14.7. The molecule has 110 valence electrons. The Bertz CT molecular complexity index is 822. The zero-order chi connectivity index (χ0) is 15.7. The molecule has 1 N–H and O–H groups in total. The Morgan fingerprint density at radius 2 is 1.91 bits per heavy atom. The molecule has 0 fully saturated rings. The number of nitrogens with one attached hydrogen (secondary N) is 1. The van der Waals surface area contributed by atoms with Crippen molar-refractivity contribution in [3.05, 3.63) is 74.9 Å². The molecule has 1 aliphatic heterocycles. The minimum absolute atomic E-state index is 0.173. The van der Waals surface area contributed by atoms with Gasteiger partial charge in [0.1, 0.15) is 11.5 Å². The van der Waals surface area contributed by atoms with Gasteiger partial charge in [0, 0.05) is 10.0 Å². The largest absolute Gasteiger partial charge is 0.305 e. The molecular weight excluding hydrogens is 340 g/mol. The number of aliphatic imine (C=N–C) groups is 1. The van der Waals surface area contributed by atoms with Crippen molar-refractivity contribution in [1.29, 1.82) is 0 Å². The van der Waals surface area contributed by atoms with E-state index in [1.54, 1.807) is 6.08 Å². The van der Waals surface area contributed by atoms with Crippen molar-refractivity contribution in [1.82, 2.24) is 5.32 Å². The molecule has 1 heterocycles. The van der Waals surface area contributed by atoms with E-state index < -0.39 is 0 Å². The molecule has 0 bridgehead atoms. The third-order valence-corrected chi connectivity index (χ3v) is 4.12. The van der Waals surface area contributed by atoms with E-state index in [9.17, 15) is 4.79 Å². The molecule has 0 aromatic heterocycles. The first-order valence-electron chi connectivity index (χ1n) is 6.98. The normalized spacial score (nSPS) is 15.9. The van der Waals surface area contributed by atoms with Gasteiger partial charge in [0.15, 0.2) is 0 Å². The summed E-state index contributed by atoms with van der Waals surface area (Å²) < 4.78 is 0.971. The lowest BCUT2D eigenvalue weighted by Gasteiger charge is -2.04. The molecule has 3 nitrogen and oxygen atoms in total. The highest BCUT2D eigenvalue weighted by Crippen LogP contribution is 2.19. The van der Waals surface area contributed by atoms with Crippen LogP contribution in [0.2, 0.25) is 0 Å². The van der Waals surface area contributed by atoms with Crippen molar-refractivity contribution in [2.45, 2.75) is 13.8 Å². The van der Waals surface area contributed by atoms with Gasteiger partial charge in [-0.05, 0) is 54.8 Å². The molecular formula is C18H15BrN2O. The zero-order valence-electron chi connectivity index (χ0n) is 12.4. The fourth-order valence-corrected chi connectivity index (χ4v) is 2.67. The van der Waals surface area contributed by atoms with Crippen LogP contribution in [0.4, 0.5) is 0 Å². The Labute approximate surface area is 137 Å². The number of halogens is 1. The van der Waals surface area contributed by atoms with Crippen LogP contribution in [0.3, 0.4) is 0 Å². The minimum atomic E-state index is -0.173. The number of hydrogen-bond donors (Lipinski definition) is 1. The van der Waals surface area contributed by atoms with Gasteiger partial charge in [-0.2, -0.15) is 0 Å². The Hall–Kier alpha value is -2.20. The van der Waals surface area contributed by atoms with Crippen LogP contribution in [0, 0.1) is 13.8 Å². The van der Waals surface area contributed by atoms with Gasteiger partial charge in [-0.1, -0.05) is 40.2 Å². The molecule has 0 spiro atoms. The summed E-state index contributed by atoms with van der Waals surface area (Å²) in [5, 5.41) is 2.83. The molecule has 2 aromatic rings. The molecule has 2 aromatic carbocycles. The summed E-state index contributed by atoms with van der Waals surface area (Å²) in [6.07, 6.45) is 1.79. The van der Waals surface area contributed by atoms with E-state index in [0.29, 0.717) is 11.5 Å². The van der Waals surface area contributed by atoms with E-state index in [0.717, 1.165) is 15.6 Å². The van der Waals surface area contributed by atoms with Crippen LogP contribution in [-0.2, 0) is 4.79 Å². The van der Waals surface area contributed by atoms with Crippen LogP contribution in [-0.4, -0.2) is 11.7 Å². The van der Waals surface area contributed by atoms with Crippen LogP contribution < -0.4 is 5.32 Å². The molecule has 4 heteroatoms. The van der Waals surface area contributed by atoms with Crippen LogP contribution in [0.5, 0.6) is 0 Å². The predicted molar refractivity (Wildman–Crippen MR) is 92.7 cm³/mol. The van der Waals surface area contributed by atoms with Gasteiger partial charge in [-0.15, -0.1) is 0 Å². The second-order valence-corrected chi connectivity index (χ2v) is 6.21. The van der Waals surface area contributed by atoms with Gasteiger partial charge in [-0.3, -0.25) is 4.79 Å². The van der Waals surface area contributed by atoms with E-state index in [2.05, 4.69) is 40.1 Å². The fraction of sp³-hybridized carbons (Fsp3) is 0.111. The Morgan fingerprint density at radius 3 is 2.64 bits per heavy atom. The number of rotatable bonds is 2. The standard InChI is InChI=1S/C18H15BrN2O/c1-11-6-7-14(8-12(11)2)17-20-16(18(22)21-17)10-13-4-3-5-15(19)9-13/h3-10H,1-2H3,(H,20,21,22)/b16-10+. The number of hydrogen-bond acceptors (Lipinski definition) is 2. The number of benzene rings is 2. The second-order valence-electron chi connectivity index (χ2n) is 5.30. The topological polar surface area (TPSA) is 41.5 Å². The van der Waals surface area contributed by atoms with Gasteiger partial charge < -0.3 is 5.32 Å². The van der Waals surface area contributed by atoms with Gasteiger partial charge in [0.25, 0.3) is 5.91 Å². The lowest BCUT2D eigenvalue weighted by molar-refractivity contribution is -0.115. The molecule has 3 rings (SSSR count). The number of carbonyl (C=O) groups excluding carboxylic acids is 1. The molecule has 22 heavy (non-hydrogen) atoms. The lowest BCUT2D eigenvalue weighted by Crippen LogP contribution is -2.24. The highest BCUT2D eigenvalue weighted by molar-refractivity contribution is 9.10. The van der Waals surface area contributed by atoms with Crippen LogP contribution in [0.15, 0.2) is 57.6 Å². The molecule has 0 atom stereocenters. The van der Waals surface area contributed by atoms with E-state index >= 15 is 0 Å². The molecule has 0 saturated carbocycles. The number of aryl methyl sites for hydroxylation is 2. The van der Waals surface area contributed by atoms with Gasteiger partial charge in [-0.25, -0.2) is 4.99 Å². The number of carbonyl (C=O) groups is 1. The minimum Gasteiger partial charge on any atom is -0.305 e. The maximum atomic E-state index is 12.1. The maximum absolute atomic E-state index is 12.1. The highest BCUT2D eigenvalue weighted by atomic mass is 79.9. The summed E-state index contributed by atoms with van der Waals surface area (Å²) >= 11 is 3.42. The number of amides is 1. The van der Waals surface area contributed by atoms with Crippen molar-refractivity contribution in [2.24, 2.45) is 4.99 Å². The van der Waals surface area contributed by atoms with Crippen LogP contribution in [0.25, 0.3) is 6.08 Å². The van der Waals surface area contributed by atoms with Crippen LogP contribution >= 0.6 is 15.9 Å². The van der Waals surface area contributed by atoms with Crippen LogP contribution in [0.1, 0.15) is 22.3 Å². The summed E-state index contributed by atoms with van der Waals surface area (Å²) in [5.74, 6) is 0.433. The first-order valence-corrected chi connectivity index (χ1v) is 7.77. The highest BCUT2D eigenvalue weighted by Gasteiger charge is 2.21. The van der Waals surface area contributed by atoms with E-state index in [4.69, 9.17) is 0 Å². The van der Waals surface area contributed by atoms with Crippen molar-refractivity contribution < 1.29 is 4.79 Å². The third kappa shape index (κ3) is 3.02. The van der Waals surface area contributed by atoms with Gasteiger partial charge in [0.2, 0.25) is 0 Å². The molecule has 1 aliphatic rings. The summed E-state index contributed by atoms with van der Waals surface area (Å²) in [6.45, 7) is 4.11. The summed E-state index contributed by atoms with van der Waals surface area (Å²) in [6, 6.07) is 13.8. The monoisotopic (exact) mass is 354 g/mol. The Kier molecular flexibility index (Phi) is 3.94. The average Bonchev–Trinajstić information content (AvgIpc) is 2.83. The molecule has 0 unspecified atom stereocenters. The Balaban J connectivity index is 1.96. The SMILES string of the molecule is Cc1ccc(C2=N/C(=C/c3cccc(Br)c3)C(=O)N2)cc1C. The smallest absolute Gasteiger partial charge is 0.275 e. The average molecular weight is 355 g/mol. The van der Waals surface area contributed by atoms with Crippen molar-refractivity contribution in [3.63, 3.8) is 0 Å². The molecule has 0 radical (unpaired) electrons. The van der Waals surface area contributed by atoms with Gasteiger partial charge >= 0.3 is 0 Å². The Morgan fingerprint density at radius 1 is 1.09 bits per heavy atom. The predicted octanol–water partition coefficient (Wildman–Crippen LogP) is 3.98. The first-order chi connectivity index (χ1) is 10.5. The lowest BCUT2D eigenvalue weighted by atomic mass is 10.1. The third-order valence-electron chi connectivity index (χ3n) is 3.63. The van der Waals surface area contributed by atoms with E-state index in [-0.39, 0.29) is 5.91 Å². The fourth-order valence-electron chi connectivity index (χ4n) is 2.25. The van der Waals surface area contributed by atoms with Crippen molar-refractivity contribution >= 4 is 33.7 Å². The second kappa shape index (κ2) is 5.89. The molecule has 0 saturated heterocycles. The summed E-state index contributed by atoms with van der Waals surface area (Å²) in [4.78, 5) is 16.5. The van der Waals surface area contributed by atoms with Gasteiger partial charge in [0.05, 0.1) is 0 Å². The zero-order valence-corrected chi connectivity index (χ0v) is 13.9. The molecule has 0 aliphatic carbocycles. The summed E-state index contributed by atoms with van der Waals surface area (Å²) in [5.41, 5.74) is 4.68. The maximum Gasteiger partial charge on any atom is 0.275 e. The van der Waals surface area contributed by atoms with E-state index in [1.807, 2.05) is 42.5 Å². The molecule has 1 amide bonds. The quantitative estimate of drug-likeness (QED) is 0.814. The van der Waals surface area contributed by atoms with Crippen molar-refractivity contribution in [2.75, 3.05) is 0 Å². The number of amidine groups is 1.